The molecule has 172 valence electrons. The number of anilines is 1. The van der Waals surface area contributed by atoms with E-state index in [4.69, 9.17) is 0 Å². The van der Waals surface area contributed by atoms with Crippen molar-refractivity contribution in [1.29, 1.82) is 0 Å². The van der Waals surface area contributed by atoms with Crippen LogP contribution in [0.1, 0.15) is 48.2 Å². The molecule has 2 N–H and O–H groups in total. The van der Waals surface area contributed by atoms with Crippen LogP contribution in [0, 0.1) is 12.8 Å². The number of carbonyl (C=O) groups is 2. The molecule has 1 aliphatic heterocycles. The van der Waals surface area contributed by atoms with Gasteiger partial charge in [0, 0.05) is 25.0 Å². The van der Waals surface area contributed by atoms with Gasteiger partial charge >= 0.3 is 0 Å². The Kier molecular flexibility index (Phi) is 7.69. The third-order valence-corrected chi connectivity index (χ3v) is 7.49. The van der Waals surface area contributed by atoms with E-state index in [1.807, 2.05) is 45.0 Å². The minimum atomic E-state index is -3.45. The van der Waals surface area contributed by atoms with Crippen molar-refractivity contribution in [3.63, 3.8) is 0 Å². The summed E-state index contributed by atoms with van der Waals surface area (Å²) in [4.78, 5) is 25.3. The van der Waals surface area contributed by atoms with Crippen LogP contribution in [0.15, 0.2) is 48.5 Å². The van der Waals surface area contributed by atoms with Crippen LogP contribution in [0.2, 0.25) is 0 Å². The first-order valence-electron chi connectivity index (χ1n) is 10.9. The van der Waals surface area contributed by atoms with E-state index in [-0.39, 0.29) is 29.5 Å². The average Bonchev–Trinajstić information content (AvgIpc) is 2.75. The van der Waals surface area contributed by atoms with Crippen LogP contribution in [0.5, 0.6) is 0 Å². The monoisotopic (exact) mass is 457 g/mol. The fourth-order valence-corrected chi connectivity index (χ4v) is 5.49. The maximum atomic E-state index is 12.9. The molecule has 2 amide bonds. The summed E-state index contributed by atoms with van der Waals surface area (Å²) >= 11 is 0. The van der Waals surface area contributed by atoms with Crippen molar-refractivity contribution in [3.8, 4) is 0 Å². The zero-order valence-corrected chi connectivity index (χ0v) is 19.6. The van der Waals surface area contributed by atoms with Crippen LogP contribution in [0.25, 0.3) is 0 Å². The average molecular weight is 458 g/mol. The van der Waals surface area contributed by atoms with Crippen LogP contribution in [0.4, 0.5) is 5.69 Å². The lowest BCUT2D eigenvalue weighted by Crippen LogP contribution is -2.42. The van der Waals surface area contributed by atoms with Gasteiger partial charge in [0.25, 0.3) is 5.91 Å². The quantitative estimate of drug-likeness (QED) is 0.667. The van der Waals surface area contributed by atoms with Gasteiger partial charge in [-0.15, -0.1) is 0 Å². The zero-order chi connectivity index (χ0) is 23.3. The largest absolute Gasteiger partial charge is 0.350 e. The number of amides is 2. The fraction of sp³-hybridized carbons (Fsp3) is 0.417. The van der Waals surface area contributed by atoms with E-state index in [0.717, 1.165) is 11.1 Å². The summed E-state index contributed by atoms with van der Waals surface area (Å²) in [6, 6.07) is 14.3. The normalized spacial score (nSPS) is 15.5. The van der Waals surface area contributed by atoms with E-state index in [2.05, 4.69) is 10.6 Å². The van der Waals surface area contributed by atoms with Crippen molar-refractivity contribution in [3.05, 3.63) is 65.2 Å². The van der Waals surface area contributed by atoms with Crippen molar-refractivity contribution >= 4 is 27.5 Å². The van der Waals surface area contributed by atoms with Crippen LogP contribution < -0.4 is 10.6 Å². The second kappa shape index (κ2) is 10.3. The first kappa shape index (κ1) is 23.9. The Labute approximate surface area is 190 Å². The highest BCUT2D eigenvalue weighted by atomic mass is 32.2. The second-order valence-electron chi connectivity index (χ2n) is 8.52. The summed E-state index contributed by atoms with van der Waals surface area (Å²) in [6.45, 7) is 6.27. The number of para-hydroxylation sites is 1. The summed E-state index contributed by atoms with van der Waals surface area (Å²) in [5.41, 5.74) is 2.62. The molecule has 0 aliphatic carbocycles. The van der Waals surface area contributed by atoms with Crippen molar-refractivity contribution in [2.24, 2.45) is 5.92 Å². The number of nitrogens with one attached hydrogen (secondary N) is 2. The van der Waals surface area contributed by atoms with Gasteiger partial charge in [0.1, 0.15) is 0 Å². The lowest BCUT2D eigenvalue weighted by Gasteiger charge is -2.30. The zero-order valence-electron chi connectivity index (χ0n) is 18.8. The highest BCUT2D eigenvalue weighted by Gasteiger charge is 2.31. The van der Waals surface area contributed by atoms with Gasteiger partial charge in [-0.25, -0.2) is 12.7 Å². The van der Waals surface area contributed by atoms with Gasteiger partial charge in [0.2, 0.25) is 15.9 Å². The highest BCUT2D eigenvalue weighted by molar-refractivity contribution is 7.88. The van der Waals surface area contributed by atoms with Gasteiger partial charge < -0.3 is 10.6 Å². The van der Waals surface area contributed by atoms with E-state index in [0.29, 0.717) is 37.2 Å². The fourth-order valence-electron chi connectivity index (χ4n) is 3.82. The Hall–Kier alpha value is -2.71. The standard InChI is InChI=1S/C24H31N3O4S/c1-17(2)25-24(29)21-10-6-7-11-22(21)26-23(28)19-12-14-27(15-13-19)32(30,31)16-20-9-5-4-8-18(20)3/h4-11,17,19H,12-16H2,1-3H3,(H,25,29)(H,26,28). The van der Waals surface area contributed by atoms with E-state index in [1.165, 1.54) is 4.31 Å². The molecule has 0 unspecified atom stereocenters. The molecule has 8 heteroatoms. The van der Waals surface area contributed by atoms with Crippen molar-refractivity contribution in [1.82, 2.24) is 9.62 Å². The Morgan fingerprint density at radius 3 is 2.31 bits per heavy atom. The molecule has 1 fully saturated rings. The molecule has 0 saturated carbocycles. The Bertz CT molecular complexity index is 1070. The van der Waals surface area contributed by atoms with Crippen LogP contribution in [0.3, 0.4) is 0 Å². The molecule has 3 rings (SSSR count). The minimum absolute atomic E-state index is 0.0165. The van der Waals surface area contributed by atoms with Crippen LogP contribution in [-0.4, -0.2) is 43.7 Å². The van der Waals surface area contributed by atoms with E-state index in [1.54, 1.807) is 24.3 Å². The van der Waals surface area contributed by atoms with Crippen molar-refractivity contribution in [2.45, 2.75) is 45.4 Å². The van der Waals surface area contributed by atoms with Crippen LogP contribution >= 0.6 is 0 Å². The smallest absolute Gasteiger partial charge is 0.253 e. The number of hydrogen-bond acceptors (Lipinski definition) is 4. The molecular formula is C24H31N3O4S. The second-order valence-corrected chi connectivity index (χ2v) is 10.5. The number of hydrogen-bond donors (Lipinski definition) is 2. The van der Waals surface area contributed by atoms with Gasteiger partial charge in [0.15, 0.2) is 0 Å². The van der Waals surface area contributed by atoms with Crippen molar-refractivity contribution < 1.29 is 18.0 Å². The molecule has 0 bridgehead atoms. The third kappa shape index (κ3) is 5.95. The maximum Gasteiger partial charge on any atom is 0.253 e. The molecule has 1 saturated heterocycles. The molecule has 0 atom stereocenters. The molecule has 0 radical (unpaired) electrons. The molecular weight excluding hydrogens is 426 g/mol. The summed E-state index contributed by atoms with van der Waals surface area (Å²) in [5.74, 6) is -0.769. The summed E-state index contributed by atoms with van der Waals surface area (Å²) < 4.78 is 27.2. The first-order valence-corrected chi connectivity index (χ1v) is 12.5. The molecule has 0 aromatic heterocycles. The van der Waals surface area contributed by atoms with Gasteiger partial charge in [-0.05, 0) is 56.9 Å². The number of piperidine rings is 1. The summed E-state index contributed by atoms with van der Waals surface area (Å²) in [6.07, 6.45) is 0.887. The summed E-state index contributed by atoms with van der Waals surface area (Å²) in [7, 11) is -3.45. The predicted octanol–water partition coefficient (Wildman–Crippen LogP) is 3.31. The Morgan fingerprint density at radius 2 is 1.66 bits per heavy atom. The number of rotatable bonds is 7. The van der Waals surface area contributed by atoms with Gasteiger partial charge in [-0.3, -0.25) is 9.59 Å². The van der Waals surface area contributed by atoms with Gasteiger partial charge in [0.05, 0.1) is 17.0 Å². The van der Waals surface area contributed by atoms with Gasteiger partial charge in [-0.1, -0.05) is 36.4 Å². The predicted molar refractivity (Wildman–Crippen MR) is 126 cm³/mol. The Morgan fingerprint density at radius 1 is 1.03 bits per heavy atom. The van der Waals surface area contributed by atoms with E-state index in [9.17, 15) is 18.0 Å². The van der Waals surface area contributed by atoms with E-state index < -0.39 is 10.0 Å². The first-order chi connectivity index (χ1) is 15.2. The highest BCUT2D eigenvalue weighted by Crippen LogP contribution is 2.25. The number of benzene rings is 2. The molecule has 2 aromatic carbocycles. The third-order valence-electron chi connectivity index (χ3n) is 5.67. The van der Waals surface area contributed by atoms with E-state index >= 15 is 0 Å². The molecule has 32 heavy (non-hydrogen) atoms. The minimum Gasteiger partial charge on any atom is -0.350 e. The number of aryl methyl sites for hydroxylation is 1. The number of carbonyl (C=O) groups excluding carboxylic acids is 2. The van der Waals surface area contributed by atoms with Crippen LogP contribution in [-0.2, 0) is 20.6 Å². The molecule has 0 spiro atoms. The Balaban J connectivity index is 1.61. The summed E-state index contributed by atoms with van der Waals surface area (Å²) in [5, 5.41) is 5.70. The topological polar surface area (TPSA) is 95.6 Å². The molecule has 7 nitrogen and oxygen atoms in total. The molecule has 2 aromatic rings. The number of nitrogens with zero attached hydrogens (tertiary/aromatic N) is 1. The molecule has 1 aliphatic rings. The lowest BCUT2D eigenvalue weighted by atomic mass is 9.97. The lowest BCUT2D eigenvalue weighted by molar-refractivity contribution is -0.120. The molecule has 1 heterocycles. The van der Waals surface area contributed by atoms with Gasteiger partial charge in [-0.2, -0.15) is 0 Å². The maximum absolute atomic E-state index is 12.9. The number of sulfonamides is 1. The SMILES string of the molecule is Cc1ccccc1CS(=O)(=O)N1CCC(C(=O)Nc2ccccc2C(=O)NC(C)C)CC1. The van der Waals surface area contributed by atoms with Crippen molar-refractivity contribution in [2.75, 3.05) is 18.4 Å².